The summed E-state index contributed by atoms with van der Waals surface area (Å²) in [5.41, 5.74) is -4.91. The minimum atomic E-state index is -5.39. The Kier molecular flexibility index (Phi) is 4.36. The molecule has 0 amide bonds. The van der Waals surface area contributed by atoms with Gasteiger partial charge in [0.15, 0.2) is 0 Å². The lowest BCUT2D eigenvalue weighted by molar-refractivity contribution is -0.0484. The molecular formula is C14H12F3NO4S. The van der Waals surface area contributed by atoms with Gasteiger partial charge in [-0.3, -0.25) is 0 Å². The van der Waals surface area contributed by atoms with Crippen molar-refractivity contribution in [2.45, 2.75) is 12.1 Å². The first-order valence-corrected chi connectivity index (χ1v) is 7.75. The molecule has 0 aliphatic carbocycles. The van der Waals surface area contributed by atoms with Crippen LogP contribution in [0.15, 0.2) is 36.4 Å². The number of alkyl halides is 3. The Bertz CT molecular complexity index is 862. The van der Waals surface area contributed by atoms with Crippen molar-refractivity contribution in [2.75, 3.05) is 7.05 Å². The van der Waals surface area contributed by atoms with Gasteiger partial charge in [-0.15, -0.1) is 0 Å². The third kappa shape index (κ3) is 3.45. The highest BCUT2D eigenvalue weighted by molar-refractivity contribution is 7.89. The van der Waals surface area contributed by atoms with Crippen LogP contribution >= 0.6 is 0 Å². The minimum Gasteiger partial charge on any atom is -0.478 e. The van der Waals surface area contributed by atoms with E-state index in [2.05, 4.69) is 0 Å². The first-order valence-electron chi connectivity index (χ1n) is 6.31. The van der Waals surface area contributed by atoms with Crippen LogP contribution in [0, 0.1) is 0 Å². The number of carboxylic acids is 1. The summed E-state index contributed by atoms with van der Waals surface area (Å²) in [6.07, 6.45) is 0. The topological polar surface area (TPSA) is 74.7 Å². The number of fused-ring (bicyclic) bond motifs is 1. The van der Waals surface area contributed by atoms with Gasteiger partial charge in [0, 0.05) is 13.6 Å². The molecule has 0 fully saturated rings. The van der Waals surface area contributed by atoms with Crippen LogP contribution in [0.2, 0.25) is 0 Å². The first kappa shape index (κ1) is 17.2. The Hall–Kier alpha value is -2.13. The average Bonchev–Trinajstić information content (AvgIpc) is 2.45. The van der Waals surface area contributed by atoms with Crippen molar-refractivity contribution in [3.8, 4) is 0 Å². The number of halogens is 3. The fourth-order valence-corrected chi connectivity index (χ4v) is 2.72. The SMILES string of the molecule is CN(Cc1ccc2cc(C(=O)O)ccc2c1)S(=O)(=O)C(F)(F)F. The van der Waals surface area contributed by atoms with Gasteiger partial charge in [0.1, 0.15) is 0 Å². The maximum absolute atomic E-state index is 12.5. The van der Waals surface area contributed by atoms with E-state index < -0.39 is 28.0 Å². The molecular weight excluding hydrogens is 335 g/mol. The Morgan fingerprint density at radius 3 is 2.26 bits per heavy atom. The minimum absolute atomic E-state index is 0.0852. The number of nitrogens with zero attached hydrogens (tertiary/aromatic N) is 1. The maximum Gasteiger partial charge on any atom is 0.511 e. The maximum atomic E-state index is 12.5. The quantitative estimate of drug-likeness (QED) is 0.923. The Morgan fingerprint density at radius 1 is 1.13 bits per heavy atom. The van der Waals surface area contributed by atoms with E-state index in [-0.39, 0.29) is 9.87 Å². The highest BCUT2D eigenvalue weighted by Gasteiger charge is 2.48. The molecule has 124 valence electrons. The van der Waals surface area contributed by atoms with Crippen LogP contribution in [0.3, 0.4) is 0 Å². The van der Waals surface area contributed by atoms with Gasteiger partial charge in [-0.1, -0.05) is 18.2 Å². The number of carbonyl (C=O) groups is 1. The van der Waals surface area contributed by atoms with Crippen LogP contribution in [0.25, 0.3) is 10.8 Å². The molecule has 5 nitrogen and oxygen atoms in total. The fraction of sp³-hybridized carbons (Fsp3) is 0.214. The van der Waals surface area contributed by atoms with Crippen LogP contribution in [-0.2, 0) is 16.6 Å². The summed E-state index contributed by atoms with van der Waals surface area (Å²) >= 11 is 0. The zero-order valence-electron chi connectivity index (χ0n) is 11.8. The van der Waals surface area contributed by atoms with Crippen molar-refractivity contribution in [1.29, 1.82) is 0 Å². The van der Waals surface area contributed by atoms with Crippen LogP contribution in [0.5, 0.6) is 0 Å². The van der Waals surface area contributed by atoms with E-state index in [0.29, 0.717) is 16.3 Å². The molecule has 9 heteroatoms. The molecule has 23 heavy (non-hydrogen) atoms. The molecule has 0 aliphatic heterocycles. The molecule has 2 aromatic rings. The molecule has 0 radical (unpaired) electrons. The van der Waals surface area contributed by atoms with Gasteiger partial charge in [0.05, 0.1) is 5.56 Å². The number of aromatic carboxylic acids is 1. The standard InChI is InChI=1S/C14H12F3NO4S/c1-18(23(21,22)14(15,16)17)8-9-2-3-11-7-12(13(19)20)5-4-10(11)6-9/h2-7H,8H2,1H3,(H,19,20). The molecule has 0 unspecified atom stereocenters. The molecule has 2 aromatic carbocycles. The van der Waals surface area contributed by atoms with Crippen molar-refractivity contribution in [3.63, 3.8) is 0 Å². The monoisotopic (exact) mass is 347 g/mol. The van der Waals surface area contributed by atoms with Gasteiger partial charge < -0.3 is 5.11 Å². The Morgan fingerprint density at radius 2 is 1.70 bits per heavy atom. The fourth-order valence-electron chi connectivity index (χ4n) is 2.05. The third-order valence-electron chi connectivity index (χ3n) is 3.26. The molecule has 2 rings (SSSR count). The van der Waals surface area contributed by atoms with E-state index in [0.717, 1.165) is 7.05 Å². The van der Waals surface area contributed by atoms with Gasteiger partial charge in [-0.05, 0) is 34.5 Å². The van der Waals surface area contributed by atoms with E-state index in [1.807, 2.05) is 0 Å². The summed E-state index contributed by atoms with van der Waals surface area (Å²) < 4.78 is 60.2. The van der Waals surface area contributed by atoms with Crippen LogP contribution in [-0.4, -0.2) is 36.4 Å². The summed E-state index contributed by atoms with van der Waals surface area (Å²) in [6.45, 7) is -0.446. The number of rotatable bonds is 4. The van der Waals surface area contributed by atoms with Crippen LogP contribution in [0.1, 0.15) is 15.9 Å². The van der Waals surface area contributed by atoms with Crippen molar-refractivity contribution in [2.24, 2.45) is 0 Å². The van der Waals surface area contributed by atoms with E-state index >= 15 is 0 Å². The predicted octanol–water partition coefficient (Wildman–Crippen LogP) is 2.82. The zero-order chi connectivity index (χ0) is 17.4. The second-order valence-electron chi connectivity index (χ2n) is 4.91. The Balaban J connectivity index is 2.32. The Labute approximate surface area is 130 Å². The molecule has 0 aliphatic rings. The zero-order valence-corrected chi connectivity index (χ0v) is 12.6. The molecule has 0 aromatic heterocycles. The second kappa shape index (κ2) is 5.82. The number of hydrogen-bond acceptors (Lipinski definition) is 3. The normalized spacial score (nSPS) is 12.7. The number of sulfonamides is 1. The molecule has 1 N–H and O–H groups in total. The molecule has 0 saturated carbocycles. The van der Waals surface area contributed by atoms with Crippen LogP contribution in [0.4, 0.5) is 13.2 Å². The van der Waals surface area contributed by atoms with Crippen molar-refractivity contribution in [3.05, 3.63) is 47.5 Å². The lowest BCUT2D eigenvalue weighted by Gasteiger charge is -2.19. The summed E-state index contributed by atoms with van der Waals surface area (Å²) in [5.74, 6) is -1.09. The third-order valence-corrected chi connectivity index (χ3v) is 4.79. The highest BCUT2D eigenvalue weighted by atomic mass is 32.2. The van der Waals surface area contributed by atoms with E-state index in [1.165, 1.54) is 36.4 Å². The number of hydrogen-bond donors (Lipinski definition) is 1. The van der Waals surface area contributed by atoms with Gasteiger partial charge in [0.2, 0.25) is 0 Å². The second-order valence-corrected chi connectivity index (χ2v) is 6.94. The largest absolute Gasteiger partial charge is 0.511 e. The van der Waals surface area contributed by atoms with E-state index in [1.54, 1.807) is 0 Å². The highest BCUT2D eigenvalue weighted by Crippen LogP contribution is 2.27. The molecule has 0 spiro atoms. The summed E-state index contributed by atoms with van der Waals surface area (Å²) in [7, 11) is -4.54. The van der Waals surface area contributed by atoms with E-state index in [9.17, 15) is 26.4 Å². The molecule has 0 bridgehead atoms. The molecule has 0 atom stereocenters. The lowest BCUT2D eigenvalue weighted by Crippen LogP contribution is -2.37. The molecule has 0 heterocycles. The summed E-state index contributed by atoms with van der Waals surface area (Å²) in [6, 6.07) is 8.81. The van der Waals surface area contributed by atoms with Crippen molar-refractivity contribution in [1.82, 2.24) is 4.31 Å². The number of benzene rings is 2. The lowest BCUT2D eigenvalue weighted by atomic mass is 10.0. The van der Waals surface area contributed by atoms with Crippen molar-refractivity contribution >= 4 is 26.8 Å². The smallest absolute Gasteiger partial charge is 0.478 e. The predicted molar refractivity (Wildman–Crippen MR) is 77.3 cm³/mol. The van der Waals surface area contributed by atoms with Gasteiger partial charge in [-0.25, -0.2) is 13.2 Å². The molecule has 0 saturated heterocycles. The average molecular weight is 347 g/mol. The van der Waals surface area contributed by atoms with E-state index in [4.69, 9.17) is 5.11 Å². The first-order chi connectivity index (χ1) is 10.5. The summed E-state index contributed by atoms with van der Waals surface area (Å²) in [5, 5.41) is 10.1. The number of carboxylic acid groups (broad SMARTS) is 1. The van der Waals surface area contributed by atoms with Crippen LogP contribution < -0.4 is 0 Å². The van der Waals surface area contributed by atoms with Gasteiger partial charge in [0.25, 0.3) is 0 Å². The summed E-state index contributed by atoms with van der Waals surface area (Å²) in [4.78, 5) is 10.9. The van der Waals surface area contributed by atoms with Gasteiger partial charge in [-0.2, -0.15) is 17.5 Å². The van der Waals surface area contributed by atoms with Gasteiger partial charge >= 0.3 is 21.5 Å². The van der Waals surface area contributed by atoms with Crippen molar-refractivity contribution < 1.29 is 31.5 Å².